The summed E-state index contributed by atoms with van der Waals surface area (Å²) in [5, 5.41) is 0. The molecule has 1 unspecified atom stereocenters. The molecule has 26 heavy (non-hydrogen) atoms. The molecule has 1 atom stereocenters. The standard InChI is InChI=1S/C19H21NO5S/c21-26(22,17-8-9-18-19(11-17)25-14-24-18)20-10-4-5-15(12-20)13-23-16-6-2-1-3-7-16/h1-3,6-9,11,15H,4-5,10,12-14H2. The lowest BCUT2D eigenvalue weighted by Gasteiger charge is -2.31. The van der Waals surface area contributed by atoms with Crippen molar-refractivity contribution in [1.29, 1.82) is 0 Å². The molecular weight excluding hydrogens is 354 g/mol. The lowest BCUT2D eigenvalue weighted by atomic mass is 10.0. The van der Waals surface area contributed by atoms with Crippen LogP contribution in [0.4, 0.5) is 0 Å². The first kappa shape index (κ1) is 17.2. The van der Waals surface area contributed by atoms with Crippen LogP contribution in [-0.4, -0.2) is 39.2 Å². The molecule has 1 saturated heterocycles. The van der Waals surface area contributed by atoms with Crippen molar-refractivity contribution in [1.82, 2.24) is 4.31 Å². The Bertz CT molecular complexity index is 869. The Labute approximate surface area is 153 Å². The molecule has 0 bridgehead atoms. The Morgan fingerprint density at radius 2 is 1.88 bits per heavy atom. The van der Waals surface area contributed by atoms with Gasteiger partial charge < -0.3 is 14.2 Å². The molecule has 0 N–H and O–H groups in total. The second kappa shape index (κ2) is 7.17. The summed E-state index contributed by atoms with van der Waals surface area (Å²) in [6, 6.07) is 14.4. The predicted molar refractivity (Wildman–Crippen MR) is 96.0 cm³/mol. The number of sulfonamides is 1. The maximum absolute atomic E-state index is 13.0. The number of benzene rings is 2. The molecule has 138 valence electrons. The zero-order valence-electron chi connectivity index (χ0n) is 14.3. The zero-order valence-corrected chi connectivity index (χ0v) is 15.2. The van der Waals surface area contributed by atoms with Crippen LogP contribution in [0.25, 0.3) is 0 Å². The molecule has 0 amide bonds. The average molecular weight is 375 g/mol. The summed E-state index contributed by atoms with van der Waals surface area (Å²) in [5.74, 6) is 2.04. The van der Waals surface area contributed by atoms with Crippen molar-refractivity contribution in [2.75, 3.05) is 26.5 Å². The van der Waals surface area contributed by atoms with Crippen molar-refractivity contribution in [3.8, 4) is 17.2 Å². The molecule has 4 rings (SSSR count). The highest BCUT2D eigenvalue weighted by Gasteiger charge is 2.31. The molecule has 2 aromatic carbocycles. The van der Waals surface area contributed by atoms with Crippen LogP contribution in [0, 0.1) is 5.92 Å². The van der Waals surface area contributed by atoms with E-state index in [-0.39, 0.29) is 17.6 Å². The normalized spacial score (nSPS) is 20.1. The van der Waals surface area contributed by atoms with E-state index in [1.54, 1.807) is 22.5 Å². The van der Waals surface area contributed by atoms with E-state index in [0.717, 1.165) is 18.6 Å². The summed E-state index contributed by atoms with van der Waals surface area (Å²) < 4.78 is 43.9. The van der Waals surface area contributed by atoms with E-state index in [1.165, 1.54) is 0 Å². The first-order valence-corrected chi connectivity index (χ1v) is 10.1. The van der Waals surface area contributed by atoms with Crippen LogP contribution in [0.3, 0.4) is 0 Å². The molecule has 1 fully saturated rings. The Kier molecular flexibility index (Phi) is 4.74. The average Bonchev–Trinajstić information content (AvgIpc) is 3.15. The molecule has 6 nitrogen and oxygen atoms in total. The monoisotopic (exact) mass is 375 g/mol. The highest BCUT2D eigenvalue weighted by atomic mass is 32.2. The van der Waals surface area contributed by atoms with Crippen LogP contribution < -0.4 is 14.2 Å². The molecule has 0 radical (unpaired) electrons. The smallest absolute Gasteiger partial charge is 0.243 e. The molecule has 0 aromatic heterocycles. The number of para-hydroxylation sites is 1. The van der Waals surface area contributed by atoms with Gasteiger partial charge in [0.25, 0.3) is 0 Å². The van der Waals surface area contributed by atoms with Gasteiger partial charge in [0.15, 0.2) is 11.5 Å². The van der Waals surface area contributed by atoms with Crippen molar-refractivity contribution in [3.63, 3.8) is 0 Å². The van der Waals surface area contributed by atoms with Crippen LogP contribution in [0.15, 0.2) is 53.4 Å². The quantitative estimate of drug-likeness (QED) is 0.804. The molecule has 2 aliphatic heterocycles. The maximum Gasteiger partial charge on any atom is 0.243 e. The van der Waals surface area contributed by atoms with E-state index in [9.17, 15) is 8.42 Å². The summed E-state index contributed by atoms with van der Waals surface area (Å²) in [6.07, 6.45) is 1.78. The van der Waals surface area contributed by atoms with Gasteiger partial charge in [-0.15, -0.1) is 0 Å². The fraction of sp³-hybridized carbons (Fsp3) is 0.368. The highest BCUT2D eigenvalue weighted by Crippen LogP contribution is 2.35. The van der Waals surface area contributed by atoms with Crippen LogP contribution >= 0.6 is 0 Å². The van der Waals surface area contributed by atoms with Gasteiger partial charge in [0.2, 0.25) is 16.8 Å². The SMILES string of the molecule is O=S(=O)(c1ccc2c(c1)OCO2)N1CCCC(COc2ccccc2)C1. The number of fused-ring (bicyclic) bond motifs is 1. The second-order valence-corrected chi connectivity index (χ2v) is 8.45. The van der Waals surface area contributed by atoms with Gasteiger partial charge in [-0.25, -0.2) is 8.42 Å². The fourth-order valence-corrected chi connectivity index (χ4v) is 4.87. The maximum atomic E-state index is 13.0. The molecule has 7 heteroatoms. The van der Waals surface area contributed by atoms with Gasteiger partial charge in [-0.2, -0.15) is 4.31 Å². The number of nitrogens with zero attached hydrogens (tertiary/aromatic N) is 1. The van der Waals surface area contributed by atoms with Crippen molar-refractivity contribution in [2.24, 2.45) is 5.92 Å². The number of rotatable bonds is 5. The summed E-state index contributed by atoms with van der Waals surface area (Å²) in [7, 11) is -3.56. The first-order valence-electron chi connectivity index (χ1n) is 8.70. The van der Waals surface area contributed by atoms with E-state index < -0.39 is 10.0 Å². The summed E-state index contributed by atoms with van der Waals surface area (Å²) in [6.45, 7) is 1.63. The minimum atomic E-state index is -3.56. The number of hydrogen-bond donors (Lipinski definition) is 0. The van der Waals surface area contributed by atoms with E-state index >= 15 is 0 Å². The lowest BCUT2D eigenvalue weighted by Crippen LogP contribution is -2.41. The van der Waals surface area contributed by atoms with E-state index in [2.05, 4.69) is 0 Å². The Hall–Kier alpha value is -2.25. The summed E-state index contributed by atoms with van der Waals surface area (Å²) in [4.78, 5) is 0.242. The topological polar surface area (TPSA) is 65.1 Å². The Balaban J connectivity index is 1.44. The summed E-state index contributed by atoms with van der Waals surface area (Å²) in [5.41, 5.74) is 0. The van der Waals surface area contributed by atoms with Crippen molar-refractivity contribution >= 4 is 10.0 Å². The van der Waals surface area contributed by atoms with Gasteiger partial charge in [-0.3, -0.25) is 0 Å². The Morgan fingerprint density at radius 3 is 2.73 bits per heavy atom. The zero-order chi connectivity index (χ0) is 18.0. The first-order chi connectivity index (χ1) is 12.6. The second-order valence-electron chi connectivity index (χ2n) is 6.51. The van der Waals surface area contributed by atoms with Gasteiger partial charge in [0.1, 0.15) is 5.75 Å². The van der Waals surface area contributed by atoms with Gasteiger partial charge in [-0.05, 0) is 37.1 Å². The molecule has 2 aliphatic rings. The van der Waals surface area contributed by atoms with Crippen molar-refractivity contribution in [2.45, 2.75) is 17.7 Å². The van der Waals surface area contributed by atoms with E-state index in [1.807, 2.05) is 30.3 Å². The van der Waals surface area contributed by atoms with Crippen LogP contribution in [0.5, 0.6) is 17.2 Å². The minimum Gasteiger partial charge on any atom is -0.493 e. The Morgan fingerprint density at radius 1 is 1.08 bits per heavy atom. The van der Waals surface area contributed by atoms with Crippen molar-refractivity contribution < 1.29 is 22.6 Å². The van der Waals surface area contributed by atoms with Gasteiger partial charge in [0.05, 0.1) is 11.5 Å². The third-order valence-electron chi connectivity index (χ3n) is 4.69. The van der Waals surface area contributed by atoms with Crippen molar-refractivity contribution in [3.05, 3.63) is 48.5 Å². The van der Waals surface area contributed by atoms with Gasteiger partial charge in [0, 0.05) is 25.1 Å². The van der Waals surface area contributed by atoms with Crippen LogP contribution in [0.2, 0.25) is 0 Å². The molecule has 0 spiro atoms. The molecule has 2 heterocycles. The summed E-state index contributed by atoms with van der Waals surface area (Å²) >= 11 is 0. The van der Waals surface area contributed by atoms with Crippen LogP contribution in [-0.2, 0) is 10.0 Å². The number of ether oxygens (including phenoxy) is 3. The van der Waals surface area contributed by atoms with Gasteiger partial charge >= 0.3 is 0 Å². The molecule has 0 aliphatic carbocycles. The largest absolute Gasteiger partial charge is 0.493 e. The fourth-order valence-electron chi connectivity index (χ4n) is 3.30. The number of hydrogen-bond acceptors (Lipinski definition) is 5. The highest BCUT2D eigenvalue weighted by molar-refractivity contribution is 7.89. The van der Waals surface area contributed by atoms with Gasteiger partial charge in [-0.1, -0.05) is 18.2 Å². The van der Waals surface area contributed by atoms with E-state index in [4.69, 9.17) is 14.2 Å². The van der Waals surface area contributed by atoms with E-state index in [0.29, 0.717) is 31.2 Å². The lowest BCUT2D eigenvalue weighted by molar-refractivity contribution is 0.173. The third-order valence-corrected chi connectivity index (χ3v) is 6.55. The molecular formula is C19H21NO5S. The van der Waals surface area contributed by atoms with Crippen LogP contribution in [0.1, 0.15) is 12.8 Å². The third kappa shape index (κ3) is 3.50. The number of piperidine rings is 1. The molecule has 2 aromatic rings. The minimum absolute atomic E-state index is 0.126. The predicted octanol–water partition coefficient (Wildman–Crippen LogP) is 2.90. The molecule has 0 saturated carbocycles.